The summed E-state index contributed by atoms with van der Waals surface area (Å²) in [5.74, 6) is 0.593. The van der Waals surface area contributed by atoms with Gasteiger partial charge in [-0.15, -0.1) is 10.2 Å². The zero-order chi connectivity index (χ0) is 21.8. The molecule has 0 atom stereocenters. The van der Waals surface area contributed by atoms with E-state index in [9.17, 15) is 4.79 Å². The number of carbonyl (C=O) groups excluding carboxylic acids is 1. The van der Waals surface area contributed by atoms with Crippen LogP contribution in [0.2, 0.25) is 5.02 Å². The average Bonchev–Trinajstić information content (AvgIpc) is 3.16. The molecule has 0 saturated heterocycles. The second-order valence-electron chi connectivity index (χ2n) is 7.67. The molecule has 0 spiro atoms. The molecule has 0 bridgehead atoms. The van der Waals surface area contributed by atoms with E-state index in [0.717, 1.165) is 11.1 Å². The smallest absolute Gasteiger partial charge is 0.249 e. The number of amides is 1. The standard InChI is InChI=1S/C24H26ClN3O2/c1-15(2)28(23(29)11-10-19-13-17(4)16(3)12-18(19)5)14-22-26-27-24(30-22)20-8-6-7-9-21(20)25/h6-13,15H,14H2,1-5H3/b11-10+. The fourth-order valence-electron chi connectivity index (χ4n) is 3.14. The fourth-order valence-corrected chi connectivity index (χ4v) is 3.36. The van der Waals surface area contributed by atoms with Crippen molar-refractivity contribution in [2.75, 3.05) is 0 Å². The van der Waals surface area contributed by atoms with E-state index in [1.54, 1.807) is 17.0 Å². The summed E-state index contributed by atoms with van der Waals surface area (Å²) >= 11 is 6.21. The maximum atomic E-state index is 12.9. The summed E-state index contributed by atoms with van der Waals surface area (Å²) in [6.07, 6.45) is 3.46. The van der Waals surface area contributed by atoms with Crippen LogP contribution in [-0.2, 0) is 11.3 Å². The number of aromatic nitrogens is 2. The number of nitrogens with zero attached hydrogens (tertiary/aromatic N) is 3. The molecule has 1 amide bonds. The lowest BCUT2D eigenvalue weighted by molar-refractivity contribution is -0.128. The molecule has 0 unspecified atom stereocenters. The number of aryl methyl sites for hydroxylation is 3. The predicted molar refractivity (Wildman–Crippen MR) is 120 cm³/mol. The summed E-state index contributed by atoms with van der Waals surface area (Å²) in [6, 6.07) is 11.5. The molecule has 0 saturated carbocycles. The largest absolute Gasteiger partial charge is 0.419 e. The fraction of sp³-hybridized carbons (Fsp3) is 0.292. The van der Waals surface area contributed by atoms with Crippen molar-refractivity contribution in [2.24, 2.45) is 0 Å². The van der Waals surface area contributed by atoms with Crippen LogP contribution in [0, 0.1) is 20.8 Å². The summed E-state index contributed by atoms with van der Waals surface area (Å²) < 4.78 is 5.77. The molecule has 0 aliphatic rings. The lowest BCUT2D eigenvalue weighted by Gasteiger charge is -2.23. The van der Waals surface area contributed by atoms with Gasteiger partial charge in [0.1, 0.15) is 0 Å². The molecule has 3 rings (SSSR count). The van der Waals surface area contributed by atoms with Crippen LogP contribution in [0.1, 0.15) is 42.0 Å². The van der Waals surface area contributed by atoms with Gasteiger partial charge in [-0.2, -0.15) is 0 Å². The molecule has 0 aliphatic heterocycles. The third kappa shape index (κ3) is 4.97. The Bertz CT molecular complexity index is 1090. The van der Waals surface area contributed by atoms with E-state index in [2.05, 4.69) is 36.2 Å². The third-order valence-electron chi connectivity index (χ3n) is 5.07. The predicted octanol–water partition coefficient (Wildman–Crippen LogP) is 5.77. The molecule has 0 fully saturated rings. The molecule has 6 heteroatoms. The molecule has 2 aromatic carbocycles. The summed E-state index contributed by atoms with van der Waals surface area (Å²) in [7, 11) is 0. The Hall–Kier alpha value is -2.92. The van der Waals surface area contributed by atoms with Gasteiger partial charge >= 0.3 is 0 Å². The highest BCUT2D eigenvalue weighted by molar-refractivity contribution is 6.33. The van der Waals surface area contributed by atoms with Crippen LogP contribution >= 0.6 is 11.6 Å². The first kappa shape index (κ1) is 21.8. The van der Waals surface area contributed by atoms with Crippen molar-refractivity contribution >= 4 is 23.6 Å². The van der Waals surface area contributed by atoms with Crippen LogP contribution in [-0.4, -0.2) is 27.0 Å². The minimum atomic E-state index is -0.111. The van der Waals surface area contributed by atoms with Gasteiger partial charge in [0, 0.05) is 12.1 Å². The van der Waals surface area contributed by atoms with Crippen molar-refractivity contribution in [3.8, 4) is 11.5 Å². The molecule has 0 aliphatic carbocycles. The van der Waals surface area contributed by atoms with Gasteiger partial charge in [-0.25, -0.2) is 0 Å². The van der Waals surface area contributed by atoms with Crippen molar-refractivity contribution in [3.63, 3.8) is 0 Å². The zero-order valence-corrected chi connectivity index (χ0v) is 18.7. The topological polar surface area (TPSA) is 59.2 Å². The van der Waals surface area contributed by atoms with E-state index in [1.807, 2.05) is 45.0 Å². The normalized spacial score (nSPS) is 11.4. The number of halogens is 1. The highest BCUT2D eigenvalue weighted by Crippen LogP contribution is 2.26. The summed E-state index contributed by atoms with van der Waals surface area (Å²) in [6.45, 7) is 10.3. The molecule has 0 radical (unpaired) electrons. The van der Waals surface area contributed by atoms with E-state index >= 15 is 0 Å². The molecule has 30 heavy (non-hydrogen) atoms. The Kier molecular flexibility index (Phi) is 6.73. The van der Waals surface area contributed by atoms with Crippen LogP contribution in [0.3, 0.4) is 0 Å². The first-order valence-corrected chi connectivity index (χ1v) is 10.3. The van der Waals surface area contributed by atoms with E-state index in [-0.39, 0.29) is 18.5 Å². The van der Waals surface area contributed by atoms with Crippen LogP contribution in [0.5, 0.6) is 0 Å². The van der Waals surface area contributed by atoms with Crippen molar-refractivity contribution in [1.82, 2.24) is 15.1 Å². The second kappa shape index (κ2) is 9.26. The SMILES string of the molecule is Cc1cc(C)c(/C=C/C(=O)N(Cc2nnc(-c3ccccc3Cl)o2)C(C)C)cc1C. The molecule has 0 N–H and O–H groups in total. The van der Waals surface area contributed by atoms with E-state index < -0.39 is 0 Å². The average molecular weight is 424 g/mol. The number of benzene rings is 2. The van der Waals surface area contributed by atoms with Crippen LogP contribution in [0.15, 0.2) is 46.9 Å². The van der Waals surface area contributed by atoms with E-state index in [0.29, 0.717) is 22.4 Å². The van der Waals surface area contributed by atoms with Gasteiger partial charge in [-0.3, -0.25) is 4.79 Å². The van der Waals surface area contributed by atoms with Crippen LogP contribution in [0.25, 0.3) is 17.5 Å². The molecule has 3 aromatic rings. The Morgan fingerprint density at radius 1 is 1.10 bits per heavy atom. The quantitative estimate of drug-likeness (QED) is 0.472. The highest BCUT2D eigenvalue weighted by atomic mass is 35.5. The summed E-state index contributed by atoms with van der Waals surface area (Å²) in [4.78, 5) is 14.6. The summed E-state index contributed by atoms with van der Waals surface area (Å²) in [5.41, 5.74) is 5.29. The molecular weight excluding hydrogens is 398 g/mol. The number of rotatable bonds is 6. The first-order chi connectivity index (χ1) is 14.3. The first-order valence-electron chi connectivity index (χ1n) is 9.90. The van der Waals surface area contributed by atoms with Gasteiger partial charge in [-0.05, 0) is 75.1 Å². The number of hydrogen-bond donors (Lipinski definition) is 0. The maximum absolute atomic E-state index is 12.9. The van der Waals surface area contributed by atoms with Gasteiger partial charge in [0.05, 0.1) is 17.1 Å². The van der Waals surface area contributed by atoms with E-state index in [4.69, 9.17) is 16.0 Å². The van der Waals surface area contributed by atoms with Gasteiger partial charge in [-0.1, -0.05) is 35.9 Å². The van der Waals surface area contributed by atoms with Crippen molar-refractivity contribution in [2.45, 2.75) is 47.2 Å². The molecule has 1 aromatic heterocycles. The number of hydrogen-bond acceptors (Lipinski definition) is 4. The van der Waals surface area contributed by atoms with Crippen molar-refractivity contribution in [3.05, 3.63) is 75.6 Å². The van der Waals surface area contributed by atoms with Gasteiger partial charge < -0.3 is 9.32 Å². The Morgan fingerprint density at radius 3 is 2.50 bits per heavy atom. The van der Waals surface area contributed by atoms with Crippen LogP contribution in [0.4, 0.5) is 0 Å². The number of carbonyl (C=O) groups is 1. The summed E-state index contributed by atoms with van der Waals surface area (Å²) in [5, 5.41) is 8.72. The van der Waals surface area contributed by atoms with Gasteiger partial charge in [0.25, 0.3) is 0 Å². The Balaban J connectivity index is 1.77. The van der Waals surface area contributed by atoms with Crippen LogP contribution < -0.4 is 0 Å². The Labute approximate surface area is 182 Å². The second-order valence-corrected chi connectivity index (χ2v) is 8.07. The lowest BCUT2D eigenvalue weighted by Crippen LogP contribution is -2.35. The Morgan fingerprint density at radius 2 is 1.80 bits per heavy atom. The molecular formula is C24H26ClN3O2. The van der Waals surface area contributed by atoms with Gasteiger partial charge in [0.15, 0.2) is 0 Å². The maximum Gasteiger partial charge on any atom is 0.249 e. The molecule has 156 valence electrons. The highest BCUT2D eigenvalue weighted by Gasteiger charge is 2.19. The minimum Gasteiger partial charge on any atom is -0.419 e. The third-order valence-corrected chi connectivity index (χ3v) is 5.40. The van der Waals surface area contributed by atoms with Crippen molar-refractivity contribution in [1.29, 1.82) is 0 Å². The molecule has 5 nitrogen and oxygen atoms in total. The van der Waals surface area contributed by atoms with Crippen molar-refractivity contribution < 1.29 is 9.21 Å². The monoisotopic (exact) mass is 423 g/mol. The molecule has 1 heterocycles. The van der Waals surface area contributed by atoms with Gasteiger partial charge in [0.2, 0.25) is 17.7 Å². The minimum absolute atomic E-state index is 0.0290. The lowest BCUT2D eigenvalue weighted by atomic mass is 10.0. The zero-order valence-electron chi connectivity index (χ0n) is 17.9. The van der Waals surface area contributed by atoms with E-state index in [1.165, 1.54) is 11.1 Å².